The van der Waals surface area contributed by atoms with Crippen LogP contribution in [0.25, 0.3) is 0 Å². The number of benzene rings is 1. The third-order valence-corrected chi connectivity index (χ3v) is 6.91. The highest BCUT2D eigenvalue weighted by molar-refractivity contribution is 8.03. The molecule has 1 N–H and O–H groups in total. The third kappa shape index (κ3) is 5.10. The molecule has 0 radical (unpaired) electrons. The number of rotatable bonds is 5. The molecular weight excluding hydrogens is 414 g/mol. The van der Waals surface area contributed by atoms with Crippen LogP contribution in [0, 0.1) is 11.3 Å². The normalized spacial score (nSPS) is 23.7. The molecule has 0 saturated carbocycles. The molecule has 31 heavy (non-hydrogen) atoms. The first kappa shape index (κ1) is 22.9. The lowest BCUT2D eigenvalue weighted by atomic mass is 9.87. The van der Waals surface area contributed by atoms with Gasteiger partial charge < -0.3 is 15.0 Å². The van der Waals surface area contributed by atoms with Crippen molar-refractivity contribution in [3.05, 3.63) is 46.0 Å². The number of hydrogen-bond acceptors (Lipinski definition) is 6. The van der Waals surface area contributed by atoms with Gasteiger partial charge in [-0.05, 0) is 50.8 Å². The van der Waals surface area contributed by atoms with Gasteiger partial charge in [0.2, 0.25) is 11.8 Å². The zero-order valence-electron chi connectivity index (χ0n) is 18.0. The van der Waals surface area contributed by atoms with Gasteiger partial charge in [-0.1, -0.05) is 23.9 Å². The van der Waals surface area contributed by atoms with Crippen molar-refractivity contribution in [2.24, 2.45) is 0 Å². The zero-order chi connectivity index (χ0) is 22.5. The second-order valence-electron chi connectivity index (χ2n) is 7.99. The van der Waals surface area contributed by atoms with E-state index in [9.17, 15) is 19.6 Å². The van der Waals surface area contributed by atoms with E-state index in [0.717, 1.165) is 24.8 Å². The molecule has 1 aromatic carbocycles. The van der Waals surface area contributed by atoms with E-state index < -0.39 is 11.9 Å². The first-order valence-electron chi connectivity index (χ1n) is 10.4. The molecule has 1 aromatic rings. The van der Waals surface area contributed by atoms with Gasteiger partial charge in [-0.3, -0.25) is 9.59 Å². The monoisotopic (exact) mass is 441 g/mol. The Kier molecular flexibility index (Phi) is 7.39. The van der Waals surface area contributed by atoms with E-state index in [4.69, 9.17) is 4.74 Å². The highest BCUT2D eigenvalue weighted by Gasteiger charge is 2.32. The van der Waals surface area contributed by atoms with Gasteiger partial charge in [-0.15, -0.1) is 0 Å². The molecule has 0 aliphatic carbocycles. The molecule has 1 fully saturated rings. The summed E-state index contributed by atoms with van der Waals surface area (Å²) in [6, 6.07) is 9.33. The van der Waals surface area contributed by atoms with Crippen molar-refractivity contribution in [2.45, 2.75) is 57.5 Å². The Morgan fingerprint density at radius 1 is 1.23 bits per heavy atom. The van der Waals surface area contributed by atoms with Gasteiger partial charge in [0.15, 0.2) is 0 Å². The van der Waals surface area contributed by atoms with Crippen molar-refractivity contribution in [1.82, 2.24) is 10.2 Å². The van der Waals surface area contributed by atoms with Crippen LogP contribution in [0.1, 0.15) is 61.4 Å². The predicted octanol–water partition coefficient (Wildman–Crippen LogP) is 3.33. The number of methoxy groups -OCH3 is 1. The van der Waals surface area contributed by atoms with Crippen LogP contribution >= 0.6 is 11.8 Å². The van der Waals surface area contributed by atoms with Crippen molar-refractivity contribution in [1.29, 1.82) is 5.26 Å². The van der Waals surface area contributed by atoms with Gasteiger partial charge >= 0.3 is 5.97 Å². The van der Waals surface area contributed by atoms with Crippen LogP contribution in [0.3, 0.4) is 0 Å². The average Bonchev–Trinajstić information content (AvgIpc) is 2.76. The summed E-state index contributed by atoms with van der Waals surface area (Å²) < 4.78 is 4.71. The number of amides is 2. The van der Waals surface area contributed by atoms with Gasteiger partial charge in [0, 0.05) is 24.4 Å². The summed E-state index contributed by atoms with van der Waals surface area (Å²) in [6.45, 7) is 4.13. The minimum absolute atomic E-state index is 0.0216. The minimum Gasteiger partial charge on any atom is -0.465 e. The molecule has 0 unspecified atom stereocenters. The maximum atomic E-state index is 12.9. The lowest BCUT2D eigenvalue weighted by molar-refractivity contribution is -0.134. The van der Waals surface area contributed by atoms with Gasteiger partial charge in [0.1, 0.15) is 0 Å². The topological polar surface area (TPSA) is 99.5 Å². The molecule has 164 valence electrons. The number of carbonyl (C=O) groups is 3. The van der Waals surface area contributed by atoms with Gasteiger partial charge in [0.05, 0.1) is 35.1 Å². The Balaban J connectivity index is 1.79. The molecule has 0 bridgehead atoms. The largest absolute Gasteiger partial charge is 0.465 e. The highest BCUT2D eigenvalue weighted by Crippen LogP contribution is 2.36. The third-order valence-electron chi connectivity index (χ3n) is 5.91. The fraction of sp³-hybridized carbons (Fsp3) is 0.478. The standard InChI is InChI=1S/C23H27N3O4S/c1-14-5-4-6-15(2)26(14)21(28)13-31-22-19(12-24)18(11-20(27)25-22)16-7-9-17(10-8-16)23(29)30-3/h7-10,14-15,18H,4-6,11,13H2,1-3H3,(H,25,27)/t14-,15-,18+/m1/s1. The van der Waals surface area contributed by atoms with Gasteiger partial charge in [-0.2, -0.15) is 5.26 Å². The Labute approximate surface area is 186 Å². The molecule has 2 aliphatic heterocycles. The number of allylic oxidation sites excluding steroid dienone is 1. The number of likely N-dealkylation sites (tertiary alicyclic amines) is 1. The molecule has 7 nitrogen and oxygen atoms in total. The Morgan fingerprint density at radius 3 is 2.45 bits per heavy atom. The van der Waals surface area contributed by atoms with Crippen molar-refractivity contribution in [3.8, 4) is 6.07 Å². The van der Waals surface area contributed by atoms with E-state index in [0.29, 0.717) is 16.2 Å². The summed E-state index contributed by atoms with van der Waals surface area (Å²) in [5.41, 5.74) is 1.60. The predicted molar refractivity (Wildman–Crippen MR) is 118 cm³/mol. The molecule has 0 aromatic heterocycles. The van der Waals surface area contributed by atoms with E-state index in [1.807, 2.05) is 4.90 Å². The van der Waals surface area contributed by atoms with Crippen molar-refractivity contribution in [3.63, 3.8) is 0 Å². The maximum Gasteiger partial charge on any atom is 0.337 e. The van der Waals surface area contributed by atoms with E-state index in [-0.39, 0.29) is 36.1 Å². The molecule has 2 heterocycles. The van der Waals surface area contributed by atoms with Gasteiger partial charge in [0.25, 0.3) is 0 Å². The number of carbonyl (C=O) groups excluding carboxylic acids is 3. The van der Waals surface area contributed by atoms with Crippen LogP contribution in [-0.2, 0) is 14.3 Å². The quantitative estimate of drug-likeness (QED) is 0.704. The molecule has 2 amide bonds. The molecule has 1 saturated heterocycles. The number of ether oxygens (including phenoxy) is 1. The SMILES string of the molecule is COC(=O)c1ccc([C@@H]2CC(=O)NC(SCC(=O)N3[C@H](C)CCC[C@H]3C)=C2C#N)cc1. The number of nitrogens with zero attached hydrogens (tertiary/aromatic N) is 2. The highest BCUT2D eigenvalue weighted by atomic mass is 32.2. The summed E-state index contributed by atoms with van der Waals surface area (Å²) >= 11 is 1.21. The van der Waals surface area contributed by atoms with Crippen LogP contribution in [0.2, 0.25) is 0 Å². The van der Waals surface area contributed by atoms with Crippen LogP contribution in [0.5, 0.6) is 0 Å². The molecule has 3 atom stereocenters. The van der Waals surface area contributed by atoms with Crippen LogP contribution in [-0.4, -0.2) is 47.6 Å². The van der Waals surface area contributed by atoms with Crippen molar-refractivity contribution in [2.75, 3.05) is 12.9 Å². The Hall–Kier alpha value is -2.79. The summed E-state index contributed by atoms with van der Waals surface area (Å²) in [7, 11) is 1.31. The Morgan fingerprint density at radius 2 is 1.87 bits per heavy atom. The number of thioether (sulfide) groups is 1. The lowest BCUT2D eigenvalue weighted by Gasteiger charge is -2.39. The molecule has 2 aliphatic rings. The van der Waals surface area contributed by atoms with E-state index in [1.54, 1.807) is 24.3 Å². The maximum absolute atomic E-state index is 12.9. The number of piperidine rings is 1. The van der Waals surface area contributed by atoms with E-state index in [2.05, 4.69) is 25.2 Å². The number of nitrogens with one attached hydrogen (secondary N) is 1. The summed E-state index contributed by atoms with van der Waals surface area (Å²) in [5, 5.41) is 13.0. The second kappa shape index (κ2) is 10.0. The average molecular weight is 442 g/mol. The molecule has 0 spiro atoms. The summed E-state index contributed by atoms with van der Waals surface area (Å²) in [5.74, 6) is -0.872. The molecule has 3 rings (SSSR count). The first-order chi connectivity index (χ1) is 14.8. The molecule has 8 heteroatoms. The summed E-state index contributed by atoms with van der Waals surface area (Å²) in [6.07, 6.45) is 3.24. The van der Waals surface area contributed by atoms with Crippen LogP contribution in [0.4, 0.5) is 0 Å². The van der Waals surface area contributed by atoms with E-state index >= 15 is 0 Å². The van der Waals surface area contributed by atoms with Gasteiger partial charge in [-0.25, -0.2) is 4.79 Å². The molecular formula is C23H27N3O4S. The number of nitriles is 1. The van der Waals surface area contributed by atoms with Crippen molar-refractivity contribution < 1.29 is 19.1 Å². The van der Waals surface area contributed by atoms with Crippen LogP contribution in [0.15, 0.2) is 34.9 Å². The fourth-order valence-corrected chi connectivity index (χ4v) is 5.25. The zero-order valence-corrected chi connectivity index (χ0v) is 18.8. The number of hydrogen-bond donors (Lipinski definition) is 1. The fourth-order valence-electron chi connectivity index (χ4n) is 4.31. The van der Waals surface area contributed by atoms with Crippen LogP contribution < -0.4 is 5.32 Å². The summed E-state index contributed by atoms with van der Waals surface area (Å²) in [4.78, 5) is 38.8. The van der Waals surface area contributed by atoms with Crippen molar-refractivity contribution >= 4 is 29.5 Å². The smallest absolute Gasteiger partial charge is 0.337 e. The number of esters is 1. The second-order valence-corrected chi connectivity index (χ2v) is 8.98. The lowest BCUT2D eigenvalue weighted by Crippen LogP contribution is -2.48. The Bertz CT molecular complexity index is 925. The minimum atomic E-state index is -0.445. The first-order valence-corrected chi connectivity index (χ1v) is 11.4. The van der Waals surface area contributed by atoms with E-state index in [1.165, 1.54) is 18.9 Å².